The minimum absolute atomic E-state index is 0.0382. The molecular formula is C37H36N2O6. The molecule has 5 rings (SSSR count). The summed E-state index contributed by atoms with van der Waals surface area (Å²) >= 11 is 0. The molecule has 0 unspecified atom stereocenters. The van der Waals surface area contributed by atoms with Gasteiger partial charge in [-0.15, -0.1) is 0 Å². The summed E-state index contributed by atoms with van der Waals surface area (Å²) in [5.41, 5.74) is 4.23. The summed E-state index contributed by atoms with van der Waals surface area (Å²) in [7, 11) is 0. The lowest BCUT2D eigenvalue weighted by Gasteiger charge is -2.28. The van der Waals surface area contributed by atoms with Gasteiger partial charge < -0.3 is 20.1 Å². The molecule has 3 N–H and O–H groups in total. The fraction of sp³-hybridized carbons (Fsp3) is 0.189. The van der Waals surface area contributed by atoms with Crippen molar-refractivity contribution >= 4 is 5.69 Å². The smallest absolute Gasteiger partial charge is 0.311 e. The number of aromatic hydroxyl groups is 2. The third-order valence-corrected chi connectivity index (χ3v) is 7.81. The molecule has 0 aliphatic carbocycles. The van der Waals surface area contributed by atoms with Crippen molar-refractivity contribution in [3.05, 3.63) is 165 Å². The average Bonchev–Trinajstić information content (AvgIpc) is 3.06. The number of aliphatic hydroxyl groups excluding tert-OH is 1. The zero-order chi connectivity index (χ0) is 31.6. The van der Waals surface area contributed by atoms with Gasteiger partial charge in [0.05, 0.1) is 11.0 Å². The molecule has 0 heterocycles. The number of aliphatic hydroxyl groups is 1. The Morgan fingerprint density at radius 2 is 1.24 bits per heavy atom. The van der Waals surface area contributed by atoms with Crippen LogP contribution in [0.3, 0.4) is 0 Å². The molecule has 45 heavy (non-hydrogen) atoms. The molecule has 230 valence electrons. The van der Waals surface area contributed by atoms with Gasteiger partial charge in [-0.2, -0.15) is 0 Å². The van der Waals surface area contributed by atoms with Crippen molar-refractivity contribution in [1.82, 2.24) is 4.90 Å². The summed E-state index contributed by atoms with van der Waals surface area (Å²) < 4.78 is 5.78. The summed E-state index contributed by atoms with van der Waals surface area (Å²) in [6.45, 7) is 1.60. The molecule has 8 nitrogen and oxygen atoms in total. The normalized spacial score (nSPS) is 11.9. The van der Waals surface area contributed by atoms with Crippen LogP contribution in [-0.2, 0) is 13.2 Å². The van der Waals surface area contributed by atoms with Crippen molar-refractivity contribution in [3.63, 3.8) is 0 Å². The molecular weight excluding hydrogens is 568 g/mol. The Balaban J connectivity index is 1.36. The number of nitro groups is 1. The second-order valence-corrected chi connectivity index (χ2v) is 11.0. The van der Waals surface area contributed by atoms with Gasteiger partial charge in [0.15, 0.2) is 5.75 Å². The average molecular weight is 605 g/mol. The van der Waals surface area contributed by atoms with E-state index in [0.717, 1.165) is 22.3 Å². The number of phenols is 2. The number of hydrogen-bond acceptors (Lipinski definition) is 7. The lowest BCUT2D eigenvalue weighted by molar-refractivity contribution is -0.386. The second-order valence-electron chi connectivity index (χ2n) is 11.0. The number of rotatable bonds is 14. The van der Waals surface area contributed by atoms with E-state index in [-0.39, 0.29) is 42.0 Å². The Labute approximate surface area is 262 Å². The van der Waals surface area contributed by atoms with Crippen LogP contribution in [0, 0.1) is 10.1 Å². The fourth-order valence-electron chi connectivity index (χ4n) is 5.42. The van der Waals surface area contributed by atoms with E-state index in [2.05, 4.69) is 4.90 Å². The molecule has 5 aromatic carbocycles. The molecule has 0 fully saturated rings. The van der Waals surface area contributed by atoms with Crippen molar-refractivity contribution in [2.75, 3.05) is 13.1 Å². The number of hydrogen-bond donors (Lipinski definition) is 3. The van der Waals surface area contributed by atoms with Gasteiger partial charge in [0.1, 0.15) is 18.1 Å². The second kappa shape index (κ2) is 15.0. The largest absolute Gasteiger partial charge is 0.508 e. The maximum Gasteiger partial charge on any atom is 0.311 e. The molecule has 0 aliphatic rings. The number of ether oxygens (including phenoxy) is 1. The molecule has 0 saturated heterocycles. The number of nitro benzene ring substituents is 1. The standard InChI is InChI=1S/C37H36N2O6/c40-32-16-11-29(12-17-32)34(30-13-18-33(41)19-14-30)21-22-38(24-27-7-3-1-4-8-27)25-36(42)31-15-20-37(35(23-31)39(43)44)45-26-28-9-5-2-6-10-28/h1-20,23,34,36,40-42H,21-22,24-26H2/t36-/m0/s1. The summed E-state index contributed by atoms with van der Waals surface area (Å²) in [5, 5.41) is 43.1. The summed E-state index contributed by atoms with van der Waals surface area (Å²) in [6.07, 6.45) is -0.307. The van der Waals surface area contributed by atoms with Crippen LogP contribution < -0.4 is 4.74 Å². The van der Waals surface area contributed by atoms with Gasteiger partial charge in [0, 0.05) is 25.1 Å². The van der Waals surface area contributed by atoms with E-state index in [9.17, 15) is 25.4 Å². The monoisotopic (exact) mass is 604 g/mol. The Hall–Kier alpha value is -5.18. The maximum absolute atomic E-state index is 12.0. The maximum atomic E-state index is 12.0. The third-order valence-electron chi connectivity index (χ3n) is 7.81. The first kappa shape index (κ1) is 31.3. The predicted octanol–water partition coefficient (Wildman–Crippen LogP) is 7.34. The summed E-state index contributed by atoms with van der Waals surface area (Å²) in [6, 6.07) is 38.2. The molecule has 8 heteroatoms. The topological polar surface area (TPSA) is 116 Å². The van der Waals surface area contributed by atoms with Crippen LogP contribution >= 0.6 is 0 Å². The van der Waals surface area contributed by atoms with Crippen LogP contribution in [0.2, 0.25) is 0 Å². The SMILES string of the molecule is O=[N+]([O-])c1cc([C@@H](O)CN(CCC(c2ccc(O)cc2)c2ccc(O)cc2)Cc2ccccc2)ccc1OCc1ccccc1. The molecule has 0 aromatic heterocycles. The van der Waals surface area contributed by atoms with Crippen LogP contribution in [-0.4, -0.2) is 38.2 Å². The molecule has 0 saturated carbocycles. The Morgan fingerprint density at radius 3 is 1.80 bits per heavy atom. The Morgan fingerprint density at radius 1 is 0.711 bits per heavy atom. The summed E-state index contributed by atoms with van der Waals surface area (Å²) in [5.74, 6) is 0.473. The minimum Gasteiger partial charge on any atom is -0.508 e. The number of benzene rings is 5. The molecule has 0 spiro atoms. The molecule has 1 atom stereocenters. The van der Waals surface area contributed by atoms with Gasteiger partial charge in [0.25, 0.3) is 0 Å². The highest BCUT2D eigenvalue weighted by Crippen LogP contribution is 2.33. The molecule has 5 aromatic rings. The number of phenolic OH excluding ortho intramolecular Hbond substituents is 2. The van der Waals surface area contributed by atoms with Crippen LogP contribution in [0.4, 0.5) is 5.69 Å². The molecule has 0 radical (unpaired) electrons. The first-order valence-corrected chi connectivity index (χ1v) is 14.8. The third kappa shape index (κ3) is 8.69. The van der Waals surface area contributed by atoms with Crippen LogP contribution in [0.5, 0.6) is 17.2 Å². The van der Waals surface area contributed by atoms with Crippen molar-refractivity contribution < 1.29 is 25.0 Å². The van der Waals surface area contributed by atoms with E-state index < -0.39 is 11.0 Å². The van der Waals surface area contributed by atoms with E-state index in [0.29, 0.717) is 25.1 Å². The van der Waals surface area contributed by atoms with Gasteiger partial charge in [-0.05, 0) is 71.1 Å². The predicted molar refractivity (Wildman–Crippen MR) is 173 cm³/mol. The lowest BCUT2D eigenvalue weighted by Crippen LogP contribution is -2.30. The minimum atomic E-state index is -0.989. The van der Waals surface area contributed by atoms with Gasteiger partial charge in [-0.1, -0.05) is 91.0 Å². The van der Waals surface area contributed by atoms with Gasteiger partial charge in [0.2, 0.25) is 0 Å². The van der Waals surface area contributed by atoms with Crippen molar-refractivity contribution in [2.24, 2.45) is 0 Å². The van der Waals surface area contributed by atoms with Crippen LogP contribution in [0.25, 0.3) is 0 Å². The fourth-order valence-corrected chi connectivity index (χ4v) is 5.42. The van der Waals surface area contributed by atoms with Gasteiger partial charge in [-0.25, -0.2) is 0 Å². The van der Waals surface area contributed by atoms with E-state index in [4.69, 9.17) is 4.74 Å². The quantitative estimate of drug-likeness (QED) is 0.0897. The van der Waals surface area contributed by atoms with E-state index in [1.165, 1.54) is 6.07 Å². The molecule has 0 amide bonds. The first-order valence-electron chi connectivity index (χ1n) is 14.8. The van der Waals surface area contributed by atoms with E-state index in [1.807, 2.05) is 84.9 Å². The molecule has 0 bridgehead atoms. The van der Waals surface area contributed by atoms with Crippen molar-refractivity contribution in [1.29, 1.82) is 0 Å². The van der Waals surface area contributed by atoms with E-state index >= 15 is 0 Å². The summed E-state index contributed by atoms with van der Waals surface area (Å²) in [4.78, 5) is 13.6. The highest BCUT2D eigenvalue weighted by atomic mass is 16.6. The zero-order valence-corrected chi connectivity index (χ0v) is 24.8. The number of nitrogens with zero attached hydrogens (tertiary/aromatic N) is 2. The first-order chi connectivity index (χ1) is 21.9. The van der Waals surface area contributed by atoms with Crippen molar-refractivity contribution in [3.8, 4) is 17.2 Å². The Kier molecular flexibility index (Phi) is 10.4. The highest BCUT2D eigenvalue weighted by molar-refractivity contribution is 5.49. The lowest BCUT2D eigenvalue weighted by atomic mass is 9.88. The highest BCUT2D eigenvalue weighted by Gasteiger charge is 2.23. The van der Waals surface area contributed by atoms with Gasteiger partial charge >= 0.3 is 5.69 Å². The van der Waals surface area contributed by atoms with Crippen LogP contribution in [0.1, 0.15) is 46.3 Å². The van der Waals surface area contributed by atoms with Gasteiger partial charge in [-0.3, -0.25) is 15.0 Å². The van der Waals surface area contributed by atoms with Crippen molar-refractivity contribution in [2.45, 2.75) is 31.6 Å². The van der Waals surface area contributed by atoms with Crippen LogP contribution in [0.15, 0.2) is 127 Å². The molecule has 0 aliphatic heterocycles. The Bertz CT molecular complexity index is 1620. The van der Waals surface area contributed by atoms with E-state index in [1.54, 1.807) is 36.4 Å². The zero-order valence-electron chi connectivity index (χ0n) is 24.8.